The highest BCUT2D eigenvalue weighted by molar-refractivity contribution is 6.35. The van der Waals surface area contributed by atoms with Gasteiger partial charge in [0, 0.05) is 60.6 Å². The molecule has 0 radical (unpaired) electrons. The van der Waals surface area contributed by atoms with Gasteiger partial charge in [0.25, 0.3) is 0 Å². The van der Waals surface area contributed by atoms with Crippen LogP contribution in [0.1, 0.15) is 52.0 Å². The highest BCUT2D eigenvalue weighted by Gasteiger charge is 2.45. The van der Waals surface area contributed by atoms with Gasteiger partial charge in [-0.3, -0.25) is 14.5 Å². The van der Waals surface area contributed by atoms with Gasteiger partial charge in [-0.05, 0) is 51.3 Å². The number of rotatable bonds is 4. The van der Waals surface area contributed by atoms with E-state index in [1.807, 2.05) is 17.0 Å². The van der Waals surface area contributed by atoms with Crippen molar-refractivity contribution in [2.75, 3.05) is 26.2 Å². The Hall–Kier alpha value is -1.30. The Morgan fingerprint density at radius 1 is 1.21 bits per heavy atom. The third kappa shape index (κ3) is 5.07. The second-order valence-electron chi connectivity index (χ2n) is 9.22. The molecule has 2 heterocycles. The Morgan fingerprint density at radius 3 is 2.55 bits per heavy atom. The molecule has 0 spiro atoms. The second-order valence-corrected chi connectivity index (χ2v) is 10.1. The van der Waals surface area contributed by atoms with Crippen LogP contribution in [0, 0.1) is 5.92 Å². The number of benzene rings is 1. The molecule has 29 heavy (non-hydrogen) atoms. The topological polar surface area (TPSA) is 52.7 Å². The number of likely N-dealkylation sites (tertiary alicyclic amines) is 2. The van der Waals surface area contributed by atoms with Crippen LogP contribution in [-0.2, 0) is 9.59 Å². The maximum absolute atomic E-state index is 13.7. The molecule has 2 amide bonds. The minimum atomic E-state index is -0.161. The summed E-state index contributed by atoms with van der Waals surface area (Å²) in [6.07, 6.45) is 1.89. The van der Waals surface area contributed by atoms with Crippen LogP contribution in [0.3, 0.4) is 0 Å². The van der Waals surface area contributed by atoms with Crippen molar-refractivity contribution in [3.8, 4) is 0 Å². The van der Waals surface area contributed by atoms with E-state index >= 15 is 0 Å². The third-order valence-corrected chi connectivity index (χ3v) is 6.76. The molecule has 3 atom stereocenters. The van der Waals surface area contributed by atoms with Crippen molar-refractivity contribution < 1.29 is 9.59 Å². The predicted molar refractivity (Wildman–Crippen MR) is 117 cm³/mol. The average Bonchev–Trinajstić information content (AvgIpc) is 3.26. The second kappa shape index (κ2) is 8.83. The first-order valence-corrected chi connectivity index (χ1v) is 11.1. The van der Waals surface area contributed by atoms with E-state index < -0.39 is 0 Å². The molecule has 1 N–H and O–H groups in total. The molecule has 0 saturated carbocycles. The number of carbonyl (C=O) groups is 2. The summed E-state index contributed by atoms with van der Waals surface area (Å²) in [4.78, 5) is 29.3. The molecule has 2 aliphatic rings. The smallest absolute Gasteiger partial charge is 0.227 e. The molecule has 5 nitrogen and oxygen atoms in total. The van der Waals surface area contributed by atoms with Gasteiger partial charge in [0.1, 0.15) is 0 Å². The first kappa shape index (κ1) is 22.4. The molecule has 2 saturated heterocycles. The fraction of sp³-hybridized carbons (Fsp3) is 0.636. The van der Waals surface area contributed by atoms with Crippen LogP contribution in [0.25, 0.3) is 0 Å². The molecular weight excluding hydrogens is 409 g/mol. The fourth-order valence-corrected chi connectivity index (χ4v) is 5.08. The molecule has 1 aromatic carbocycles. The molecule has 7 heteroatoms. The Labute approximate surface area is 183 Å². The minimum Gasteiger partial charge on any atom is -0.354 e. The Morgan fingerprint density at radius 2 is 1.93 bits per heavy atom. The van der Waals surface area contributed by atoms with Gasteiger partial charge in [-0.25, -0.2) is 0 Å². The lowest BCUT2D eigenvalue weighted by Gasteiger charge is -2.32. The summed E-state index contributed by atoms with van der Waals surface area (Å²) < 4.78 is 0. The predicted octanol–water partition coefficient (Wildman–Crippen LogP) is 3.93. The quantitative estimate of drug-likeness (QED) is 0.772. The largest absolute Gasteiger partial charge is 0.354 e. The number of nitrogens with one attached hydrogen (secondary N) is 1. The van der Waals surface area contributed by atoms with Crippen molar-refractivity contribution in [2.45, 2.75) is 58.0 Å². The summed E-state index contributed by atoms with van der Waals surface area (Å²) in [5.41, 5.74) is 0.950. The first-order chi connectivity index (χ1) is 13.6. The fourth-order valence-electron chi connectivity index (χ4n) is 4.53. The van der Waals surface area contributed by atoms with E-state index in [4.69, 9.17) is 23.2 Å². The minimum absolute atomic E-state index is 0.0218. The highest BCUT2D eigenvalue weighted by atomic mass is 35.5. The lowest BCUT2D eigenvalue weighted by molar-refractivity contribution is -0.136. The van der Waals surface area contributed by atoms with Crippen molar-refractivity contribution >= 4 is 35.0 Å². The van der Waals surface area contributed by atoms with E-state index in [-0.39, 0.29) is 35.2 Å². The standard InChI is InChI=1S/C22H31Cl2N3O2/c1-14(28)25-11-16-6-5-9-27(16)21(29)19-13-26(22(2,3)4)12-18(19)17-8-7-15(23)10-20(17)24/h7-8,10,16,18-19H,5-6,9,11-13H2,1-4H3,(H,25,28)/t16-,18-,19+/m0/s1. The Kier molecular flexibility index (Phi) is 6.81. The number of halogens is 2. The summed E-state index contributed by atoms with van der Waals surface area (Å²) in [6.45, 7) is 10.8. The molecule has 2 fully saturated rings. The van der Waals surface area contributed by atoms with E-state index in [2.05, 4.69) is 31.0 Å². The van der Waals surface area contributed by atoms with Gasteiger partial charge in [-0.2, -0.15) is 0 Å². The van der Waals surface area contributed by atoms with Crippen molar-refractivity contribution in [3.05, 3.63) is 33.8 Å². The maximum Gasteiger partial charge on any atom is 0.227 e. The molecule has 3 rings (SSSR count). The van der Waals surface area contributed by atoms with Crippen LogP contribution in [-0.4, -0.2) is 59.4 Å². The van der Waals surface area contributed by atoms with Gasteiger partial charge in [0.2, 0.25) is 11.8 Å². The zero-order valence-electron chi connectivity index (χ0n) is 17.7. The summed E-state index contributed by atoms with van der Waals surface area (Å²) in [5.74, 6) is -0.0325. The van der Waals surface area contributed by atoms with E-state index in [1.165, 1.54) is 6.92 Å². The van der Waals surface area contributed by atoms with Crippen LogP contribution in [0.5, 0.6) is 0 Å². The van der Waals surface area contributed by atoms with Crippen molar-refractivity contribution in [1.82, 2.24) is 15.1 Å². The molecule has 0 bridgehead atoms. The van der Waals surface area contributed by atoms with E-state index in [0.717, 1.165) is 31.5 Å². The van der Waals surface area contributed by atoms with Crippen LogP contribution in [0.15, 0.2) is 18.2 Å². The van der Waals surface area contributed by atoms with Gasteiger partial charge in [-0.15, -0.1) is 0 Å². The van der Waals surface area contributed by atoms with Crippen LogP contribution in [0.2, 0.25) is 10.0 Å². The van der Waals surface area contributed by atoms with Gasteiger partial charge in [0.15, 0.2) is 0 Å². The van der Waals surface area contributed by atoms with Crippen molar-refractivity contribution in [1.29, 1.82) is 0 Å². The van der Waals surface area contributed by atoms with Gasteiger partial charge < -0.3 is 10.2 Å². The van der Waals surface area contributed by atoms with Crippen LogP contribution in [0.4, 0.5) is 0 Å². The zero-order valence-corrected chi connectivity index (χ0v) is 19.2. The summed E-state index contributed by atoms with van der Waals surface area (Å²) in [7, 11) is 0. The SMILES string of the molecule is CC(=O)NC[C@@H]1CCCN1C(=O)[C@@H]1CN(C(C)(C)C)C[C@H]1c1ccc(Cl)cc1Cl. The van der Waals surface area contributed by atoms with E-state index in [1.54, 1.807) is 6.07 Å². The van der Waals surface area contributed by atoms with Crippen LogP contribution >= 0.6 is 23.2 Å². The average molecular weight is 440 g/mol. The molecule has 2 aliphatic heterocycles. The summed E-state index contributed by atoms with van der Waals surface area (Å²) in [6, 6.07) is 5.63. The number of hydrogen-bond donors (Lipinski definition) is 1. The molecular formula is C22H31Cl2N3O2. The number of nitrogens with zero attached hydrogens (tertiary/aromatic N) is 2. The molecule has 1 aromatic rings. The summed E-state index contributed by atoms with van der Waals surface area (Å²) >= 11 is 12.6. The number of amides is 2. The third-order valence-electron chi connectivity index (χ3n) is 6.19. The molecule has 0 aromatic heterocycles. The van der Waals surface area contributed by atoms with E-state index in [9.17, 15) is 9.59 Å². The monoisotopic (exact) mass is 439 g/mol. The summed E-state index contributed by atoms with van der Waals surface area (Å²) in [5, 5.41) is 4.09. The van der Waals surface area contributed by atoms with Gasteiger partial charge in [-0.1, -0.05) is 29.3 Å². The lowest BCUT2D eigenvalue weighted by Crippen LogP contribution is -2.47. The van der Waals surface area contributed by atoms with Gasteiger partial charge in [0.05, 0.1) is 5.92 Å². The molecule has 160 valence electrons. The van der Waals surface area contributed by atoms with Gasteiger partial charge >= 0.3 is 0 Å². The Balaban J connectivity index is 1.86. The van der Waals surface area contributed by atoms with Crippen LogP contribution < -0.4 is 5.32 Å². The van der Waals surface area contributed by atoms with Crippen molar-refractivity contribution in [3.63, 3.8) is 0 Å². The van der Waals surface area contributed by atoms with E-state index in [0.29, 0.717) is 23.1 Å². The Bertz CT molecular complexity index is 778. The van der Waals surface area contributed by atoms with Crippen molar-refractivity contribution in [2.24, 2.45) is 5.92 Å². The number of carbonyl (C=O) groups excluding carboxylic acids is 2. The number of hydrogen-bond acceptors (Lipinski definition) is 3. The normalized spacial score (nSPS) is 25.4. The molecule has 0 aliphatic carbocycles. The first-order valence-electron chi connectivity index (χ1n) is 10.3. The molecule has 0 unspecified atom stereocenters. The zero-order chi connectivity index (χ0) is 21.3. The maximum atomic E-state index is 13.7. The highest BCUT2D eigenvalue weighted by Crippen LogP contribution is 2.41. The lowest BCUT2D eigenvalue weighted by atomic mass is 9.87.